The third-order valence-corrected chi connectivity index (χ3v) is 8.45. The summed E-state index contributed by atoms with van der Waals surface area (Å²) in [5.74, 6) is 1.81. The van der Waals surface area contributed by atoms with Crippen LogP contribution in [-0.2, 0) is 7.05 Å². The molecule has 0 spiro atoms. The number of nitrogens with zero attached hydrogens (tertiary/aromatic N) is 7. The number of aromatic nitrogens is 5. The number of pyridine rings is 1. The Hall–Kier alpha value is -5.01. The van der Waals surface area contributed by atoms with E-state index in [1.807, 2.05) is 25.4 Å². The molecule has 0 N–H and O–H groups in total. The molecule has 38 heavy (non-hydrogen) atoms. The van der Waals surface area contributed by atoms with Gasteiger partial charge in [-0.05, 0) is 76.7 Å². The molecule has 3 atom stereocenters. The second-order valence-corrected chi connectivity index (χ2v) is 10.0. The number of hydrogen-bond donors (Lipinski definition) is 0. The van der Waals surface area contributed by atoms with Crippen molar-refractivity contribution in [1.82, 2.24) is 24.3 Å². The predicted molar refractivity (Wildman–Crippen MR) is 145 cm³/mol. The van der Waals surface area contributed by atoms with Crippen LogP contribution >= 0.6 is 0 Å². The first-order valence-corrected chi connectivity index (χ1v) is 12.6. The molecule has 3 unspecified atom stereocenters. The summed E-state index contributed by atoms with van der Waals surface area (Å²) in [7, 11) is 1.89. The van der Waals surface area contributed by atoms with Gasteiger partial charge >= 0.3 is 0 Å². The highest BCUT2D eigenvalue weighted by Gasteiger charge is 2.57. The van der Waals surface area contributed by atoms with Crippen molar-refractivity contribution in [1.29, 1.82) is 10.5 Å². The van der Waals surface area contributed by atoms with E-state index in [4.69, 9.17) is 0 Å². The van der Waals surface area contributed by atoms with Gasteiger partial charge in [0, 0.05) is 35.8 Å². The quantitative estimate of drug-likeness (QED) is 0.337. The predicted octanol–water partition coefficient (Wildman–Crippen LogP) is 5.75. The SMILES string of the molecule is C=CC1=C(C=C)C(=C(C#N)C#N)C2=C1CCC1C2C1c1ccc2c(c1)c1cnccc1n2-c1ncnn1C. The fourth-order valence-corrected chi connectivity index (χ4v) is 6.92. The van der Waals surface area contributed by atoms with Crippen molar-refractivity contribution in [3.63, 3.8) is 0 Å². The Morgan fingerprint density at radius 3 is 2.55 bits per heavy atom. The molecule has 0 saturated heterocycles. The number of nitriles is 2. The van der Waals surface area contributed by atoms with E-state index in [9.17, 15) is 10.5 Å². The van der Waals surface area contributed by atoms with Crippen LogP contribution in [0.5, 0.6) is 0 Å². The molecule has 1 saturated carbocycles. The van der Waals surface area contributed by atoms with Crippen molar-refractivity contribution >= 4 is 21.8 Å². The van der Waals surface area contributed by atoms with E-state index in [0.717, 1.165) is 62.9 Å². The molecule has 3 heterocycles. The van der Waals surface area contributed by atoms with Gasteiger partial charge in [0.1, 0.15) is 24.0 Å². The summed E-state index contributed by atoms with van der Waals surface area (Å²) in [6, 6.07) is 13.0. The second kappa shape index (κ2) is 7.99. The number of benzene rings is 1. The van der Waals surface area contributed by atoms with Crippen LogP contribution in [0.3, 0.4) is 0 Å². The standard InChI is InChI=1S/C31H23N7/c1-4-19-20(5-2)28(18(13-32)14-33)29-21(19)7-8-22-27(30(22)29)17-6-9-25-23(12-17)24-15-34-11-10-26(24)38(25)31-35-16-36-37(31)3/h4-6,9-12,15-16,22,27,30H,1-2,7-8H2,3H3. The summed E-state index contributed by atoms with van der Waals surface area (Å²) in [5.41, 5.74) is 8.53. The molecule has 3 aliphatic rings. The zero-order valence-electron chi connectivity index (χ0n) is 20.9. The van der Waals surface area contributed by atoms with E-state index in [1.165, 1.54) is 11.1 Å². The summed E-state index contributed by atoms with van der Waals surface area (Å²) < 4.78 is 3.90. The molecular formula is C31H23N7. The van der Waals surface area contributed by atoms with E-state index < -0.39 is 0 Å². The Kier molecular flexibility index (Phi) is 4.67. The topological polar surface area (TPSA) is 96.1 Å². The van der Waals surface area contributed by atoms with Gasteiger partial charge in [0.25, 0.3) is 0 Å². The lowest BCUT2D eigenvalue weighted by Crippen LogP contribution is -2.04. The fraction of sp³-hybridized carbons (Fsp3) is 0.194. The van der Waals surface area contributed by atoms with Crippen LogP contribution in [0.1, 0.15) is 24.3 Å². The number of rotatable bonds is 4. The second-order valence-electron chi connectivity index (χ2n) is 10.0. The third-order valence-electron chi connectivity index (χ3n) is 8.45. The lowest BCUT2D eigenvalue weighted by atomic mass is 9.87. The van der Waals surface area contributed by atoms with Crippen molar-refractivity contribution in [3.05, 3.63) is 107 Å². The Morgan fingerprint density at radius 1 is 1.05 bits per heavy atom. The van der Waals surface area contributed by atoms with Crippen molar-refractivity contribution in [2.45, 2.75) is 18.8 Å². The number of aryl methyl sites for hydroxylation is 1. The van der Waals surface area contributed by atoms with Gasteiger partial charge in [-0.25, -0.2) is 4.68 Å². The monoisotopic (exact) mass is 493 g/mol. The van der Waals surface area contributed by atoms with Crippen LogP contribution in [0.25, 0.3) is 27.8 Å². The molecule has 7 nitrogen and oxygen atoms in total. The van der Waals surface area contributed by atoms with Crippen LogP contribution in [0.4, 0.5) is 0 Å². The van der Waals surface area contributed by atoms with E-state index >= 15 is 0 Å². The molecule has 182 valence electrons. The normalized spacial score (nSPS) is 21.8. The Bertz CT molecular complexity index is 1890. The summed E-state index contributed by atoms with van der Waals surface area (Å²) in [4.78, 5) is 8.92. The van der Waals surface area contributed by atoms with Crippen molar-refractivity contribution in [2.24, 2.45) is 18.9 Å². The first kappa shape index (κ1) is 22.2. The fourth-order valence-electron chi connectivity index (χ4n) is 6.92. The van der Waals surface area contributed by atoms with E-state index in [-0.39, 0.29) is 11.5 Å². The van der Waals surface area contributed by atoms with Gasteiger partial charge in [-0.1, -0.05) is 31.4 Å². The minimum Gasteiger partial charge on any atom is -0.278 e. The Labute approximate surface area is 219 Å². The molecule has 1 aromatic carbocycles. The van der Waals surface area contributed by atoms with E-state index in [1.54, 1.807) is 23.3 Å². The average Bonchev–Trinajstić information content (AvgIpc) is 3.20. The molecule has 3 aliphatic carbocycles. The maximum Gasteiger partial charge on any atom is 0.232 e. The van der Waals surface area contributed by atoms with Gasteiger partial charge in [-0.3, -0.25) is 9.55 Å². The smallest absolute Gasteiger partial charge is 0.232 e. The van der Waals surface area contributed by atoms with Crippen LogP contribution in [-0.4, -0.2) is 24.3 Å². The van der Waals surface area contributed by atoms with E-state index in [2.05, 4.69) is 63.1 Å². The molecule has 3 aromatic heterocycles. The molecule has 0 amide bonds. The number of fused-ring (bicyclic) bond motifs is 5. The highest BCUT2D eigenvalue weighted by atomic mass is 15.4. The molecule has 7 rings (SSSR count). The van der Waals surface area contributed by atoms with Crippen molar-refractivity contribution in [2.75, 3.05) is 0 Å². The van der Waals surface area contributed by atoms with Gasteiger partial charge in [-0.15, -0.1) is 0 Å². The van der Waals surface area contributed by atoms with Gasteiger partial charge in [0.2, 0.25) is 5.95 Å². The maximum absolute atomic E-state index is 9.80. The van der Waals surface area contributed by atoms with Gasteiger partial charge in [0.15, 0.2) is 0 Å². The third kappa shape index (κ3) is 2.79. The Balaban J connectivity index is 1.38. The first-order chi connectivity index (χ1) is 18.6. The van der Waals surface area contributed by atoms with Gasteiger partial charge < -0.3 is 0 Å². The average molecular weight is 494 g/mol. The highest BCUT2D eigenvalue weighted by molar-refractivity contribution is 6.08. The summed E-state index contributed by atoms with van der Waals surface area (Å²) in [6.07, 6.45) is 10.9. The molecule has 0 radical (unpaired) electrons. The minimum absolute atomic E-state index is 0.156. The summed E-state index contributed by atoms with van der Waals surface area (Å²) in [6.45, 7) is 8.04. The Morgan fingerprint density at radius 2 is 1.84 bits per heavy atom. The molecule has 4 aromatic rings. The summed E-state index contributed by atoms with van der Waals surface area (Å²) in [5, 5.41) is 26.1. The zero-order valence-corrected chi connectivity index (χ0v) is 20.9. The first-order valence-electron chi connectivity index (χ1n) is 12.6. The molecule has 0 aliphatic heterocycles. The summed E-state index contributed by atoms with van der Waals surface area (Å²) >= 11 is 0. The van der Waals surface area contributed by atoms with Crippen LogP contribution in [0.2, 0.25) is 0 Å². The number of hydrogen-bond acceptors (Lipinski definition) is 5. The molecule has 7 heteroatoms. The lowest BCUT2D eigenvalue weighted by Gasteiger charge is -2.15. The molecule has 0 bridgehead atoms. The molecule has 1 fully saturated rings. The van der Waals surface area contributed by atoms with Crippen LogP contribution in [0.15, 0.2) is 102 Å². The zero-order chi connectivity index (χ0) is 26.1. The molecular weight excluding hydrogens is 470 g/mol. The minimum atomic E-state index is 0.156. The largest absolute Gasteiger partial charge is 0.278 e. The lowest BCUT2D eigenvalue weighted by molar-refractivity contribution is 0.646. The van der Waals surface area contributed by atoms with Gasteiger partial charge in [0.05, 0.1) is 11.0 Å². The van der Waals surface area contributed by atoms with Gasteiger partial charge in [-0.2, -0.15) is 20.6 Å². The van der Waals surface area contributed by atoms with Crippen molar-refractivity contribution < 1.29 is 0 Å². The number of allylic oxidation sites excluding steroid dienone is 8. The van der Waals surface area contributed by atoms with E-state index in [0.29, 0.717) is 11.8 Å². The van der Waals surface area contributed by atoms with Crippen molar-refractivity contribution in [3.8, 4) is 18.1 Å². The van der Waals surface area contributed by atoms with Crippen LogP contribution < -0.4 is 0 Å². The maximum atomic E-state index is 9.80. The van der Waals surface area contributed by atoms with Crippen LogP contribution in [0, 0.1) is 34.5 Å². The highest BCUT2D eigenvalue weighted by Crippen LogP contribution is 2.67.